The fourth-order valence-corrected chi connectivity index (χ4v) is 3.00. The fourth-order valence-electron chi connectivity index (χ4n) is 3.00. The number of methoxy groups -OCH3 is 1. The van der Waals surface area contributed by atoms with Crippen LogP contribution in [0.25, 0.3) is 0 Å². The van der Waals surface area contributed by atoms with Crippen molar-refractivity contribution in [3.05, 3.63) is 29.1 Å². The standard InChI is InChI=1S/C13H13FN2O3/c1-19-9-5-4-8(14)10-7(9)3-2-6-13(10)11(17)15-12(18)16-13/h4-5H,2-3,6H2,1H3,(H2,15,16,17,18). The first-order valence-electron chi connectivity index (χ1n) is 6.08. The van der Waals surface area contributed by atoms with Crippen molar-refractivity contribution < 1.29 is 18.7 Å². The van der Waals surface area contributed by atoms with Crippen LogP contribution in [-0.2, 0) is 16.8 Å². The summed E-state index contributed by atoms with van der Waals surface area (Å²) in [5.74, 6) is -0.442. The van der Waals surface area contributed by atoms with Crippen LogP contribution in [0.15, 0.2) is 12.1 Å². The van der Waals surface area contributed by atoms with Gasteiger partial charge in [0.1, 0.15) is 17.1 Å². The average Bonchev–Trinajstić information content (AvgIpc) is 2.65. The van der Waals surface area contributed by atoms with Crippen molar-refractivity contribution in [3.8, 4) is 5.75 Å². The van der Waals surface area contributed by atoms with Crippen LogP contribution < -0.4 is 15.4 Å². The number of rotatable bonds is 1. The molecule has 1 spiro atoms. The number of hydrogen-bond donors (Lipinski definition) is 2. The number of halogens is 1. The van der Waals surface area contributed by atoms with Crippen LogP contribution in [0, 0.1) is 5.82 Å². The monoisotopic (exact) mass is 264 g/mol. The zero-order chi connectivity index (χ0) is 13.6. The summed E-state index contributed by atoms with van der Waals surface area (Å²) in [6.07, 6.45) is 1.70. The second-order valence-electron chi connectivity index (χ2n) is 4.77. The molecule has 1 aliphatic carbocycles. The highest BCUT2D eigenvalue weighted by atomic mass is 19.1. The second kappa shape index (κ2) is 3.94. The maximum Gasteiger partial charge on any atom is 0.322 e. The molecule has 0 aromatic heterocycles. The molecule has 1 atom stereocenters. The molecule has 3 amide bonds. The Morgan fingerprint density at radius 3 is 2.79 bits per heavy atom. The van der Waals surface area contributed by atoms with Crippen LogP contribution in [0.5, 0.6) is 5.75 Å². The van der Waals surface area contributed by atoms with Crippen molar-refractivity contribution in [1.82, 2.24) is 10.6 Å². The summed E-state index contributed by atoms with van der Waals surface area (Å²) in [5.41, 5.74) is -0.393. The third kappa shape index (κ3) is 1.52. The highest BCUT2D eigenvalue weighted by Gasteiger charge is 2.51. The molecule has 6 heteroatoms. The zero-order valence-corrected chi connectivity index (χ0v) is 10.4. The minimum absolute atomic E-state index is 0.237. The SMILES string of the molecule is COc1ccc(F)c2c1CCCC21NC(=O)NC1=O. The van der Waals surface area contributed by atoms with Crippen molar-refractivity contribution in [2.45, 2.75) is 24.8 Å². The highest BCUT2D eigenvalue weighted by Crippen LogP contribution is 2.42. The summed E-state index contributed by atoms with van der Waals surface area (Å²) >= 11 is 0. The Kier molecular flexibility index (Phi) is 2.48. The van der Waals surface area contributed by atoms with Gasteiger partial charge >= 0.3 is 6.03 Å². The summed E-state index contributed by atoms with van der Waals surface area (Å²) in [6, 6.07) is 2.23. The number of hydrogen-bond acceptors (Lipinski definition) is 3. The summed E-state index contributed by atoms with van der Waals surface area (Å²) < 4.78 is 19.4. The van der Waals surface area contributed by atoms with Gasteiger partial charge in [0.2, 0.25) is 0 Å². The van der Waals surface area contributed by atoms with Gasteiger partial charge < -0.3 is 10.1 Å². The minimum Gasteiger partial charge on any atom is -0.496 e. The molecular formula is C13H13FN2O3. The normalized spacial score (nSPS) is 24.9. The number of carbonyl (C=O) groups is 2. The Hall–Kier alpha value is -2.11. The van der Waals surface area contributed by atoms with Gasteiger partial charge in [0, 0.05) is 11.1 Å². The van der Waals surface area contributed by atoms with Crippen molar-refractivity contribution >= 4 is 11.9 Å². The van der Waals surface area contributed by atoms with Crippen molar-refractivity contribution in [2.24, 2.45) is 0 Å². The van der Waals surface area contributed by atoms with E-state index in [1.807, 2.05) is 0 Å². The summed E-state index contributed by atoms with van der Waals surface area (Å²) in [5, 5.41) is 4.76. The molecule has 100 valence electrons. The molecule has 1 fully saturated rings. The third-order valence-corrected chi connectivity index (χ3v) is 3.79. The molecule has 2 aliphatic rings. The van der Waals surface area contributed by atoms with Gasteiger partial charge in [-0.05, 0) is 31.4 Å². The number of urea groups is 1. The molecule has 5 nitrogen and oxygen atoms in total. The topological polar surface area (TPSA) is 67.4 Å². The lowest BCUT2D eigenvalue weighted by molar-refractivity contribution is -0.124. The van der Waals surface area contributed by atoms with E-state index in [2.05, 4.69) is 10.6 Å². The number of nitrogens with one attached hydrogen (secondary N) is 2. The molecule has 0 radical (unpaired) electrons. The van der Waals surface area contributed by atoms with Gasteiger partial charge in [0.15, 0.2) is 0 Å². The number of benzene rings is 1. The Bertz CT molecular complexity index is 587. The van der Waals surface area contributed by atoms with Gasteiger partial charge in [0.05, 0.1) is 7.11 Å². The molecule has 3 rings (SSSR count). The van der Waals surface area contributed by atoms with E-state index in [9.17, 15) is 14.0 Å². The predicted molar refractivity (Wildman–Crippen MR) is 64.2 cm³/mol. The second-order valence-corrected chi connectivity index (χ2v) is 4.77. The molecule has 1 aliphatic heterocycles. The van der Waals surface area contributed by atoms with Crippen LogP contribution in [0.2, 0.25) is 0 Å². The van der Waals surface area contributed by atoms with Crippen molar-refractivity contribution in [1.29, 1.82) is 0 Å². The lowest BCUT2D eigenvalue weighted by Gasteiger charge is -2.33. The van der Waals surface area contributed by atoms with Gasteiger partial charge in [-0.2, -0.15) is 0 Å². The maximum absolute atomic E-state index is 14.2. The summed E-state index contributed by atoms with van der Waals surface area (Å²) in [4.78, 5) is 23.5. The van der Waals surface area contributed by atoms with Gasteiger partial charge in [0.25, 0.3) is 5.91 Å². The molecule has 1 saturated heterocycles. The largest absolute Gasteiger partial charge is 0.496 e. The summed E-state index contributed by atoms with van der Waals surface area (Å²) in [6.45, 7) is 0. The van der Waals surface area contributed by atoms with Gasteiger partial charge in [-0.15, -0.1) is 0 Å². The minimum atomic E-state index is -1.29. The maximum atomic E-state index is 14.2. The van der Waals surface area contributed by atoms with E-state index in [0.717, 1.165) is 0 Å². The third-order valence-electron chi connectivity index (χ3n) is 3.79. The van der Waals surface area contributed by atoms with Gasteiger partial charge in [-0.25, -0.2) is 9.18 Å². The molecule has 0 bridgehead atoms. The van der Waals surface area contributed by atoms with E-state index >= 15 is 0 Å². The Labute approximate surface area is 109 Å². The quantitative estimate of drug-likeness (QED) is 0.749. The van der Waals surface area contributed by atoms with E-state index in [-0.39, 0.29) is 5.56 Å². The number of amides is 3. The van der Waals surface area contributed by atoms with E-state index in [1.54, 1.807) is 6.07 Å². The van der Waals surface area contributed by atoms with E-state index < -0.39 is 23.3 Å². The Balaban J connectivity index is 2.25. The zero-order valence-electron chi connectivity index (χ0n) is 10.4. The van der Waals surface area contributed by atoms with Crippen LogP contribution in [0.1, 0.15) is 24.0 Å². The van der Waals surface area contributed by atoms with E-state index in [0.29, 0.717) is 30.6 Å². The van der Waals surface area contributed by atoms with Crippen LogP contribution >= 0.6 is 0 Å². The number of carbonyl (C=O) groups excluding carboxylic acids is 2. The molecule has 1 heterocycles. The summed E-state index contributed by atoms with van der Waals surface area (Å²) in [7, 11) is 1.50. The number of fused-ring (bicyclic) bond motifs is 2. The first-order valence-corrected chi connectivity index (χ1v) is 6.08. The lowest BCUT2D eigenvalue weighted by atomic mass is 9.76. The smallest absolute Gasteiger partial charge is 0.322 e. The van der Waals surface area contributed by atoms with Gasteiger partial charge in [-0.3, -0.25) is 10.1 Å². The van der Waals surface area contributed by atoms with Crippen LogP contribution in [0.4, 0.5) is 9.18 Å². The fraction of sp³-hybridized carbons (Fsp3) is 0.385. The molecule has 2 N–H and O–H groups in total. The number of ether oxygens (including phenoxy) is 1. The highest BCUT2D eigenvalue weighted by molar-refractivity contribution is 6.07. The first-order chi connectivity index (χ1) is 9.08. The van der Waals surface area contributed by atoms with Crippen LogP contribution in [0.3, 0.4) is 0 Å². The van der Waals surface area contributed by atoms with E-state index in [4.69, 9.17) is 4.74 Å². The number of imide groups is 1. The van der Waals surface area contributed by atoms with Crippen molar-refractivity contribution in [3.63, 3.8) is 0 Å². The Morgan fingerprint density at radius 2 is 2.16 bits per heavy atom. The Morgan fingerprint density at radius 1 is 1.37 bits per heavy atom. The first kappa shape index (κ1) is 12.0. The predicted octanol–water partition coefficient (Wildman–Crippen LogP) is 1.21. The average molecular weight is 264 g/mol. The molecule has 1 unspecified atom stereocenters. The molecule has 1 aromatic carbocycles. The molecular weight excluding hydrogens is 251 g/mol. The van der Waals surface area contributed by atoms with Crippen LogP contribution in [-0.4, -0.2) is 19.0 Å². The van der Waals surface area contributed by atoms with Crippen molar-refractivity contribution in [2.75, 3.05) is 7.11 Å². The molecule has 19 heavy (non-hydrogen) atoms. The molecule has 1 aromatic rings. The van der Waals surface area contributed by atoms with E-state index in [1.165, 1.54) is 13.2 Å². The van der Waals surface area contributed by atoms with Gasteiger partial charge in [-0.1, -0.05) is 0 Å². The molecule has 0 saturated carbocycles. The lowest BCUT2D eigenvalue weighted by Crippen LogP contribution is -2.47.